The van der Waals surface area contributed by atoms with E-state index in [2.05, 4.69) is 35.8 Å². The van der Waals surface area contributed by atoms with Crippen molar-refractivity contribution in [2.45, 2.75) is 25.7 Å². The number of thiophene rings is 1. The Morgan fingerprint density at radius 2 is 1.57 bits per heavy atom. The Bertz CT molecular complexity index is 707. The van der Waals surface area contributed by atoms with Gasteiger partial charge in [-0.2, -0.15) is 0 Å². The van der Waals surface area contributed by atoms with Crippen molar-refractivity contribution in [3.8, 4) is 23.7 Å². The minimum absolute atomic E-state index is 0.173. The van der Waals surface area contributed by atoms with Crippen LogP contribution in [0, 0.1) is 23.7 Å². The normalized spacial score (nSPS) is 9.81. The summed E-state index contributed by atoms with van der Waals surface area (Å²) in [5.41, 5.74) is 0.991. The summed E-state index contributed by atoms with van der Waals surface area (Å²) in [7, 11) is 0. The predicted octanol–water partition coefficient (Wildman–Crippen LogP) is 3.15. The monoisotopic (exact) mass is 298 g/mol. The molecule has 0 fully saturated rings. The molecule has 0 spiro atoms. The lowest BCUT2D eigenvalue weighted by Crippen LogP contribution is -1.81. The minimum atomic E-state index is 0.173. The van der Waals surface area contributed by atoms with Crippen LogP contribution in [0.25, 0.3) is 10.1 Å². The van der Waals surface area contributed by atoms with Gasteiger partial charge < -0.3 is 10.2 Å². The lowest BCUT2D eigenvalue weighted by Gasteiger charge is -1.90. The molecule has 2 nitrogen and oxygen atoms in total. The Kier molecular flexibility index (Phi) is 6.31. The number of hydrogen-bond acceptors (Lipinski definition) is 3. The molecule has 2 aromatic rings. The van der Waals surface area contributed by atoms with Crippen molar-refractivity contribution in [1.29, 1.82) is 0 Å². The first-order valence-electron chi connectivity index (χ1n) is 7.08. The summed E-state index contributed by atoms with van der Waals surface area (Å²) in [6, 6.07) is 8.18. The molecule has 0 radical (unpaired) electrons. The Hall–Kier alpha value is -1.78. The number of fused-ring (bicyclic) bond motifs is 1. The van der Waals surface area contributed by atoms with Crippen LogP contribution in [0.5, 0.6) is 0 Å². The first kappa shape index (κ1) is 15.6. The Morgan fingerprint density at radius 1 is 0.905 bits per heavy atom. The number of rotatable bonds is 4. The second kappa shape index (κ2) is 8.49. The van der Waals surface area contributed by atoms with Gasteiger partial charge in [0.05, 0.1) is 10.4 Å². The fourth-order valence-corrected chi connectivity index (χ4v) is 2.92. The molecule has 3 heteroatoms. The molecule has 1 aromatic carbocycles. The third-order valence-corrected chi connectivity index (χ3v) is 4.02. The summed E-state index contributed by atoms with van der Waals surface area (Å²) in [5.74, 6) is 12.6. The molecule has 1 aromatic heterocycles. The maximum atomic E-state index is 8.81. The Labute approximate surface area is 129 Å². The van der Waals surface area contributed by atoms with Gasteiger partial charge >= 0.3 is 0 Å². The van der Waals surface area contributed by atoms with Gasteiger partial charge in [-0.25, -0.2) is 0 Å². The van der Waals surface area contributed by atoms with E-state index in [0.717, 1.165) is 15.8 Å². The van der Waals surface area contributed by atoms with Gasteiger partial charge in [0.25, 0.3) is 0 Å². The summed E-state index contributed by atoms with van der Waals surface area (Å²) in [4.78, 5) is 0.991. The van der Waals surface area contributed by atoms with Crippen molar-refractivity contribution in [3.05, 3.63) is 34.7 Å². The van der Waals surface area contributed by atoms with Gasteiger partial charge in [0.2, 0.25) is 0 Å². The third-order valence-electron chi connectivity index (χ3n) is 2.93. The average Bonchev–Trinajstić information content (AvgIpc) is 2.86. The highest BCUT2D eigenvalue weighted by molar-refractivity contribution is 7.19. The van der Waals surface area contributed by atoms with Crippen LogP contribution in [0.1, 0.15) is 36.1 Å². The number of benzene rings is 1. The average molecular weight is 298 g/mol. The second-order valence-electron chi connectivity index (χ2n) is 4.56. The lowest BCUT2D eigenvalue weighted by atomic mass is 10.1. The van der Waals surface area contributed by atoms with Gasteiger partial charge in [-0.05, 0) is 18.9 Å². The van der Waals surface area contributed by atoms with Gasteiger partial charge in [-0.3, -0.25) is 0 Å². The zero-order chi connectivity index (χ0) is 14.9. The molecule has 2 rings (SSSR count). The van der Waals surface area contributed by atoms with E-state index in [1.54, 1.807) is 11.3 Å². The third kappa shape index (κ3) is 4.34. The fraction of sp³-hybridized carbons (Fsp3) is 0.333. The molecular weight excluding hydrogens is 280 g/mol. The van der Waals surface area contributed by atoms with Gasteiger partial charge in [0.15, 0.2) is 0 Å². The highest BCUT2D eigenvalue weighted by atomic mass is 32.1. The largest absolute Gasteiger partial charge is 0.396 e. The summed E-state index contributed by atoms with van der Waals surface area (Å²) in [6.45, 7) is 0.349. The molecule has 0 unspecified atom stereocenters. The number of unbranched alkanes of at least 4 members (excludes halogenated alkanes) is 2. The second-order valence-corrected chi connectivity index (χ2v) is 5.61. The van der Waals surface area contributed by atoms with Crippen molar-refractivity contribution < 1.29 is 10.2 Å². The standard InChI is InChI=1S/C18H18O2S/c19-13-7-1-3-9-15-16-10-5-6-12-18(16)21-17(15)11-4-2-8-14-20/h5-6,10,12,19-20H,1-2,7-8,13-14H2. The number of aliphatic hydroxyl groups excluding tert-OH is 2. The predicted molar refractivity (Wildman–Crippen MR) is 88.2 cm³/mol. The van der Waals surface area contributed by atoms with Crippen LogP contribution in [0.15, 0.2) is 24.3 Å². The molecule has 0 aliphatic rings. The SMILES string of the molecule is OCCCC#Cc1sc2ccccc2c1C#CCCCO. The number of hydrogen-bond donors (Lipinski definition) is 2. The van der Waals surface area contributed by atoms with Gasteiger partial charge in [-0.15, -0.1) is 11.3 Å². The molecule has 0 amide bonds. The molecule has 108 valence electrons. The molecule has 0 saturated heterocycles. The van der Waals surface area contributed by atoms with E-state index in [9.17, 15) is 0 Å². The van der Waals surface area contributed by atoms with Gasteiger partial charge in [-0.1, -0.05) is 41.9 Å². The molecule has 0 aliphatic heterocycles. The lowest BCUT2D eigenvalue weighted by molar-refractivity contribution is 0.290. The zero-order valence-electron chi connectivity index (χ0n) is 11.9. The molecule has 21 heavy (non-hydrogen) atoms. The molecule has 0 saturated carbocycles. The van der Waals surface area contributed by atoms with Crippen molar-refractivity contribution in [2.75, 3.05) is 13.2 Å². The van der Waals surface area contributed by atoms with Crippen LogP contribution in [0.3, 0.4) is 0 Å². The summed E-state index contributed by atoms with van der Waals surface area (Å²) in [5, 5.41) is 18.7. The Balaban J connectivity index is 2.32. The van der Waals surface area contributed by atoms with Crippen molar-refractivity contribution in [1.82, 2.24) is 0 Å². The quantitative estimate of drug-likeness (QED) is 0.672. The van der Waals surface area contributed by atoms with E-state index in [0.29, 0.717) is 25.7 Å². The van der Waals surface area contributed by atoms with E-state index >= 15 is 0 Å². The minimum Gasteiger partial charge on any atom is -0.396 e. The first-order chi connectivity index (χ1) is 10.4. The molecule has 2 N–H and O–H groups in total. The van der Waals surface area contributed by atoms with Crippen LogP contribution in [-0.4, -0.2) is 23.4 Å². The topological polar surface area (TPSA) is 40.5 Å². The molecule has 0 atom stereocenters. The van der Waals surface area contributed by atoms with E-state index in [1.807, 2.05) is 12.1 Å². The van der Waals surface area contributed by atoms with Crippen molar-refractivity contribution >= 4 is 21.4 Å². The molecule has 1 heterocycles. The highest BCUT2D eigenvalue weighted by Gasteiger charge is 2.07. The van der Waals surface area contributed by atoms with E-state index in [4.69, 9.17) is 10.2 Å². The van der Waals surface area contributed by atoms with Crippen molar-refractivity contribution in [3.63, 3.8) is 0 Å². The summed E-state index contributed by atoms with van der Waals surface area (Å²) < 4.78 is 1.19. The first-order valence-corrected chi connectivity index (χ1v) is 7.89. The smallest absolute Gasteiger partial charge is 0.0937 e. The molecule has 0 aliphatic carbocycles. The van der Waals surface area contributed by atoms with Crippen LogP contribution in [-0.2, 0) is 0 Å². The maximum Gasteiger partial charge on any atom is 0.0937 e. The summed E-state index contributed by atoms with van der Waals surface area (Å²) in [6.07, 6.45) is 2.79. The fourth-order valence-electron chi connectivity index (χ4n) is 1.89. The van der Waals surface area contributed by atoms with Crippen LogP contribution < -0.4 is 0 Å². The molecular formula is C18H18O2S. The number of aliphatic hydroxyl groups is 2. The van der Waals surface area contributed by atoms with E-state index in [-0.39, 0.29) is 13.2 Å². The summed E-state index contributed by atoms with van der Waals surface area (Å²) >= 11 is 1.66. The van der Waals surface area contributed by atoms with E-state index in [1.165, 1.54) is 4.70 Å². The zero-order valence-corrected chi connectivity index (χ0v) is 12.7. The maximum absolute atomic E-state index is 8.81. The molecule has 0 bridgehead atoms. The van der Waals surface area contributed by atoms with Crippen molar-refractivity contribution in [2.24, 2.45) is 0 Å². The van der Waals surface area contributed by atoms with Crippen LogP contribution >= 0.6 is 11.3 Å². The Morgan fingerprint density at radius 3 is 2.29 bits per heavy atom. The van der Waals surface area contributed by atoms with Gasteiger partial charge in [0, 0.05) is 36.1 Å². The van der Waals surface area contributed by atoms with Crippen LogP contribution in [0.4, 0.5) is 0 Å². The van der Waals surface area contributed by atoms with E-state index < -0.39 is 0 Å². The highest BCUT2D eigenvalue weighted by Crippen LogP contribution is 2.30. The van der Waals surface area contributed by atoms with Gasteiger partial charge in [0.1, 0.15) is 0 Å². The van der Waals surface area contributed by atoms with Crippen LogP contribution in [0.2, 0.25) is 0 Å².